The van der Waals surface area contributed by atoms with Crippen LogP contribution in [0.5, 0.6) is 11.5 Å². The van der Waals surface area contributed by atoms with Crippen LogP contribution >= 0.6 is 0 Å². The van der Waals surface area contributed by atoms with Crippen molar-refractivity contribution in [1.29, 1.82) is 0 Å². The molecule has 0 aliphatic carbocycles. The molecule has 190 valence electrons. The zero-order valence-electron chi connectivity index (χ0n) is 20.0. The third-order valence-electron chi connectivity index (χ3n) is 5.57. The maximum absolute atomic E-state index is 13.2. The van der Waals surface area contributed by atoms with E-state index in [9.17, 15) is 24.5 Å². The van der Waals surface area contributed by atoms with Crippen LogP contribution in [-0.2, 0) is 9.59 Å². The van der Waals surface area contributed by atoms with E-state index in [-0.39, 0.29) is 35.1 Å². The second-order valence-electron chi connectivity index (χ2n) is 8.09. The van der Waals surface area contributed by atoms with Crippen LogP contribution in [0.1, 0.15) is 35.8 Å². The summed E-state index contributed by atoms with van der Waals surface area (Å²) in [5.74, 6) is -0.940. The number of nitrogens with one attached hydrogen (secondary N) is 2. The Morgan fingerprint density at radius 1 is 1.05 bits per heavy atom. The minimum absolute atomic E-state index is 0.109. The molecule has 11 nitrogen and oxygen atoms in total. The summed E-state index contributed by atoms with van der Waals surface area (Å²) >= 11 is 0. The van der Waals surface area contributed by atoms with Crippen molar-refractivity contribution < 1.29 is 28.8 Å². The number of carbonyl (C=O) groups excluding carboxylic acids is 3. The third-order valence-corrected chi connectivity index (χ3v) is 5.57. The Morgan fingerprint density at radius 2 is 1.76 bits per heavy atom. The lowest BCUT2D eigenvalue weighted by Gasteiger charge is -2.45. The average Bonchev–Trinajstić information content (AvgIpc) is 2.88. The highest BCUT2D eigenvalue weighted by molar-refractivity contribution is 6.00. The highest BCUT2D eigenvalue weighted by Crippen LogP contribution is 2.40. The topological polar surface area (TPSA) is 140 Å². The Balaban J connectivity index is 1.65. The predicted octanol–water partition coefficient (Wildman–Crippen LogP) is 3.63. The minimum Gasteiger partial charge on any atom is -0.493 e. The van der Waals surface area contributed by atoms with Crippen LogP contribution in [0.15, 0.2) is 72.8 Å². The van der Waals surface area contributed by atoms with Gasteiger partial charge in [0.25, 0.3) is 17.5 Å². The molecule has 1 saturated heterocycles. The second kappa shape index (κ2) is 10.8. The number of nitro groups is 1. The Bertz CT molecular complexity index is 1350. The number of benzene rings is 3. The molecule has 1 heterocycles. The number of β-lactam (4-membered cyclic amide) rings is 1. The quantitative estimate of drug-likeness (QED) is 0.258. The number of hydrogen-bond donors (Lipinski definition) is 2. The molecule has 11 heteroatoms. The van der Waals surface area contributed by atoms with Gasteiger partial charge in [0.1, 0.15) is 17.5 Å². The number of amides is 3. The summed E-state index contributed by atoms with van der Waals surface area (Å²) in [7, 11) is 0. The van der Waals surface area contributed by atoms with Gasteiger partial charge in [-0.25, -0.2) is 5.01 Å². The molecule has 3 amide bonds. The van der Waals surface area contributed by atoms with Gasteiger partial charge in [-0.3, -0.25) is 29.9 Å². The maximum Gasteiger partial charge on any atom is 0.285 e. The molecule has 1 aliphatic rings. The van der Waals surface area contributed by atoms with Gasteiger partial charge in [0, 0.05) is 24.7 Å². The van der Waals surface area contributed by atoms with E-state index in [1.165, 1.54) is 43.3 Å². The fourth-order valence-corrected chi connectivity index (χ4v) is 3.99. The molecule has 0 radical (unpaired) electrons. The molecule has 37 heavy (non-hydrogen) atoms. The van der Waals surface area contributed by atoms with Gasteiger partial charge < -0.3 is 14.8 Å². The van der Waals surface area contributed by atoms with E-state index in [2.05, 4.69) is 10.7 Å². The van der Waals surface area contributed by atoms with Crippen LogP contribution in [0.3, 0.4) is 0 Å². The Kier molecular flexibility index (Phi) is 7.33. The van der Waals surface area contributed by atoms with E-state index < -0.39 is 28.9 Å². The van der Waals surface area contributed by atoms with Crippen molar-refractivity contribution in [3.63, 3.8) is 0 Å². The number of nitrogens with zero attached hydrogens (tertiary/aromatic N) is 2. The van der Waals surface area contributed by atoms with Gasteiger partial charge in [0.2, 0.25) is 12.0 Å². The molecule has 0 spiro atoms. The van der Waals surface area contributed by atoms with Crippen molar-refractivity contribution in [2.75, 3.05) is 11.9 Å². The van der Waals surface area contributed by atoms with Crippen LogP contribution in [0.4, 0.5) is 11.4 Å². The zero-order chi connectivity index (χ0) is 26.5. The van der Waals surface area contributed by atoms with Crippen LogP contribution in [0.2, 0.25) is 0 Å². The van der Waals surface area contributed by atoms with Gasteiger partial charge in [0.15, 0.2) is 0 Å². The average molecular weight is 504 g/mol. The summed E-state index contributed by atoms with van der Waals surface area (Å²) in [5.41, 5.74) is 3.08. The standard InChI is InChI=1S/C26H24N4O7/c1-3-36-22-15-17(27-16(2)31)13-14-20(22)25(32)28-29-23(19-11-7-8-12-21(19)30(34)35)24(26(29)33)37-18-9-5-4-6-10-18/h4-15,23-24H,3H2,1-2H3,(H,27,31)(H,28,32)/t23-,24-/m1/s1. The first-order valence-electron chi connectivity index (χ1n) is 11.4. The lowest BCUT2D eigenvalue weighted by atomic mass is 9.91. The number of para-hydroxylation sites is 2. The molecule has 0 saturated carbocycles. The monoisotopic (exact) mass is 504 g/mol. The summed E-state index contributed by atoms with van der Waals surface area (Å²) in [6.07, 6.45) is -1.10. The molecule has 0 aromatic heterocycles. The first-order chi connectivity index (χ1) is 17.8. The van der Waals surface area contributed by atoms with Gasteiger partial charge in [0.05, 0.1) is 22.7 Å². The minimum atomic E-state index is -1.10. The van der Waals surface area contributed by atoms with Crippen molar-refractivity contribution in [3.8, 4) is 11.5 Å². The highest BCUT2D eigenvalue weighted by atomic mass is 16.6. The highest BCUT2D eigenvalue weighted by Gasteiger charge is 2.53. The van der Waals surface area contributed by atoms with E-state index in [1.807, 2.05) is 0 Å². The maximum atomic E-state index is 13.2. The van der Waals surface area contributed by atoms with Crippen molar-refractivity contribution >= 4 is 29.1 Å². The predicted molar refractivity (Wildman–Crippen MR) is 133 cm³/mol. The fraction of sp³-hybridized carbons (Fsp3) is 0.192. The van der Waals surface area contributed by atoms with E-state index in [1.54, 1.807) is 43.3 Å². The van der Waals surface area contributed by atoms with E-state index in [0.29, 0.717) is 11.4 Å². The number of hydrogen-bond acceptors (Lipinski definition) is 7. The lowest BCUT2D eigenvalue weighted by molar-refractivity contribution is -0.386. The van der Waals surface area contributed by atoms with Crippen LogP contribution in [-0.4, -0.2) is 40.4 Å². The summed E-state index contributed by atoms with van der Waals surface area (Å²) in [6.45, 7) is 3.34. The molecule has 3 aromatic rings. The van der Waals surface area contributed by atoms with Crippen molar-refractivity contribution in [2.45, 2.75) is 26.0 Å². The molecule has 1 aliphatic heterocycles. The lowest BCUT2D eigenvalue weighted by Crippen LogP contribution is -2.67. The van der Waals surface area contributed by atoms with Gasteiger partial charge in [-0.2, -0.15) is 0 Å². The summed E-state index contributed by atoms with van der Waals surface area (Å²) in [5, 5.41) is 15.4. The van der Waals surface area contributed by atoms with Crippen LogP contribution < -0.4 is 20.2 Å². The molecule has 3 aromatic carbocycles. The Labute approximate surface area is 212 Å². The number of rotatable bonds is 9. The SMILES string of the molecule is CCOc1cc(NC(C)=O)ccc1C(=O)NN1C(=O)[C@H](Oc2ccccc2)[C@H]1c1ccccc1[N+](=O)[O-]. The van der Waals surface area contributed by atoms with Gasteiger partial charge in [-0.1, -0.05) is 30.3 Å². The van der Waals surface area contributed by atoms with Crippen molar-refractivity contribution in [1.82, 2.24) is 10.4 Å². The normalized spacial score (nSPS) is 16.4. The molecule has 0 unspecified atom stereocenters. The first kappa shape index (κ1) is 25.2. The molecular weight excluding hydrogens is 480 g/mol. The smallest absolute Gasteiger partial charge is 0.285 e. The van der Waals surface area contributed by atoms with Gasteiger partial charge in [-0.05, 0) is 37.3 Å². The number of ether oxygens (including phenoxy) is 2. The number of anilines is 1. The summed E-state index contributed by atoms with van der Waals surface area (Å²) in [4.78, 5) is 48.9. The molecular formula is C26H24N4O7. The second-order valence-corrected chi connectivity index (χ2v) is 8.09. The van der Waals surface area contributed by atoms with E-state index >= 15 is 0 Å². The fourth-order valence-electron chi connectivity index (χ4n) is 3.99. The summed E-state index contributed by atoms with van der Waals surface area (Å²) < 4.78 is 11.4. The first-order valence-corrected chi connectivity index (χ1v) is 11.4. The number of carbonyl (C=O) groups is 3. The molecule has 1 fully saturated rings. The Morgan fingerprint density at radius 3 is 2.43 bits per heavy atom. The van der Waals surface area contributed by atoms with E-state index in [4.69, 9.17) is 9.47 Å². The van der Waals surface area contributed by atoms with Gasteiger partial charge in [-0.15, -0.1) is 0 Å². The van der Waals surface area contributed by atoms with Crippen molar-refractivity contribution in [2.24, 2.45) is 0 Å². The zero-order valence-corrected chi connectivity index (χ0v) is 20.0. The number of nitro benzene ring substituents is 1. The molecule has 0 bridgehead atoms. The molecule has 2 N–H and O–H groups in total. The third kappa shape index (κ3) is 5.35. The van der Waals surface area contributed by atoms with E-state index in [0.717, 1.165) is 5.01 Å². The summed E-state index contributed by atoms with van der Waals surface area (Å²) in [6, 6.07) is 18.1. The van der Waals surface area contributed by atoms with Crippen molar-refractivity contribution in [3.05, 3.63) is 94.0 Å². The van der Waals surface area contributed by atoms with Gasteiger partial charge >= 0.3 is 0 Å². The molecule has 2 atom stereocenters. The Hall–Kier alpha value is -4.93. The largest absolute Gasteiger partial charge is 0.493 e. The molecule has 4 rings (SSSR count). The van der Waals surface area contributed by atoms with Crippen LogP contribution in [0, 0.1) is 10.1 Å². The van der Waals surface area contributed by atoms with Crippen LogP contribution in [0.25, 0.3) is 0 Å². The number of hydrazine groups is 1.